The first-order valence-corrected chi connectivity index (χ1v) is 8.87. The molecule has 134 valence electrons. The van der Waals surface area contributed by atoms with Gasteiger partial charge in [-0.15, -0.1) is 0 Å². The Labute approximate surface area is 146 Å². The van der Waals surface area contributed by atoms with Crippen LogP contribution in [0.2, 0.25) is 0 Å². The van der Waals surface area contributed by atoms with Gasteiger partial charge >= 0.3 is 5.97 Å². The molecule has 0 aliphatic heterocycles. The summed E-state index contributed by atoms with van der Waals surface area (Å²) in [5.41, 5.74) is 0.713. The highest BCUT2D eigenvalue weighted by atomic mass is 32.2. The fourth-order valence-electron chi connectivity index (χ4n) is 2.27. The third-order valence-corrected chi connectivity index (χ3v) is 5.01. The zero-order chi connectivity index (χ0) is 18.4. The van der Waals surface area contributed by atoms with Gasteiger partial charge < -0.3 is 14.6 Å². The van der Waals surface area contributed by atoms with Crippen LogP contribution in [0.25, 0.3) is 0 Å². The van der Waals surface area contributed by atoms with Gasteiger partial charge in [-0.1, -0.05) is 30.3 Å². The normalized spacial score (nSPS) is 12.4. The van der Waals surface area contributed by atoms with E-state index >= 15 is 0 Å². The molecule has 0 aromatic heterocycles. The Balaban J connectivity index is 2.27. The molecule has 7 nitrogen and oxygen atoms in total. The summed E-state index contributed by atoms with van der Waals surface area (Å²) in [6, 6.07) is 11.6. The number of carbonyl (C=O) groups is 1. The van der Waals surface area contributed by atoms with Crippen LogP contribution in [-0.4, -0.2) is 39.8 Å². The largest absolute Gasteiger partial charge is 0.493 e. The van der Waals surface area contributed by atoms with Gasteiger partial charge in [-0.2, -0.15) is 4.72 Å². The molecule has 0 saturated carbocycles. The second-order valence-electron chi connectivity index (χ2n) is 5.22. The van der Waals surface area contributed by atoms with Crippen molar-refractivity contribution in [2.24, 2.45) is 0 Å². The average Bonchev–Trinajstić information content (AvgIpc) is 2.61. The number of sulfonamides is 1. The Bertz CT molecular complexity index is 835. The maximum Gasteiger partial charge on any atom is 0.322 e. The van der Waals surface area contributed by atoms with E-state index in [-0.39, 0.29) is 17.1 Å². The molecule has 8 heteroatoms. The maximum atomic E-state index is 12.5. The number of carboxylic acid groups (broad SMARTS) is 1. The van der Waals surface area contributed by atoms with E-state index in [9.17, 15) is 18.3 Å². The Kier molecular flexibility index (Phi) is 6.00. The number of hydrogen-bond acceptors (Lipinski definition) is 5. The molecule has 0 radical (unpaired) electrons. The van der Waals surface area contributed by atoms with Crippen LogP contribution in [0.4, 0.5) is 0 Å². The molecule has 2 N–H and O–H groups in total. The molecule has 0 heterocycles. The van der Waals surface area contributed by atoms with Crippen LogP contribution in [0.3, 0.4) is 0 Å². The van der Waals surface area contributed by atoms with Crippen molar-refractivity contribution < 1.29 is 27.8 Å². The van der Waals surface area contributed by atoms with Crippen LogP contribution >= 0.6 is 0 Å². The number of nitrogens with one attached hydrogen (secondary N) is 1. The lowest BCUT2D eigenvalue weighted by Gasteiger charge is -2.16. The summed E-state index contributed by atoms with van der Waals surface area (Å²) in [7, 11) is -1.23. The first-order valence-electron chi connectivity index (χ1n) is 7.38. The molecule has 0 aliphatic rings. The summed E-state index contributed by atoms with van der Waals surface area (Å²) in [4.78, 5) is 11.4. The molecule has 0 bridgehead atoms. The van der Waals surface area contributed by atoms with Gasteiger partial charge in [-0.25, -0.2) is 8.42 Å². The summed E-state index contributed by atoms with van der Waals surface area (Å²) in [5, 5.41) is 9.36. The second kappa shape index (κ2) is 8.00. The van der Waals surface area contributed by atoms with Gasteiger partial charge in [-0.3, -0.25) is 4.79 Å². The predicted molar refractivity (Wildman–Crippen MR) is 91.4 cm³/mol. The molecule has 0 aliphatic carbocycles. The van der Waals surface area contributed by atoms with Gasteiger partial charge in [0.25, 0.3) is 0 Å². The molecule has 2 rings (SSSR count). The Morgan fingerprint density at radius 2 is 1.72 bits per heavy atom. The summed E-state index contributed by atoms with van der Waals surface area (Å²) >= 11 is 0. The third kappa shape index (κ3) is 4.71. The smallest absolute Gasteiger partial charge is 0.322 e. The minimum atomic E-state index is -4.05. The van der Waals surface area contributed by atoms with Crippen LogP contribution < -0.4 is 14.2 Å². The number of methoxy groups -OCH3 is 2. The SMILES string of the molecule is COc1ccc(S(=O)(=O)N[C@H](Cc2ccccc2)C(=O)O)cc1OC. The molecular weight excluding hydrogens is 346 g/mol. The third-order valence-electron chi connectivity index (χ3n) is 3.54. The molecule has 0 saturated heterocycles. The monoisotopic (exact) mass is 365 g/mol. The Morgan fingerprint density at radius 1 is 1.08 bits per heavy atom. The van der Waals surface area contributed by atoms with Gasteiger partial charge in [0.1, 0.15) is 6.04 Å². The van der Waals surface area contributed by atoms with E-state index in [0.717, 1.165) is 0 Å². The first-order chi connectivity index (χ1) is 11.9. The number of aliphatic carboxylic acids is 1. The number of hydrogen-bond donors (Lipinski definition) is 2. The first kappa shape index (κ1) is 18.8. The van der Waals surface area contributed by atoms with Crippen LogP contribution in [-0.2, 0) is 21.2 Å². The molecule has 25 heavy (non-hydrogen) atoms. The van der Waals surface area contributed by atoms with Crippen molar-refractivity contribution in [3.63, 3.8) is 0 Å². The zero-order valence-electron chi connectivity index (χ0n) is 13.8. The number of rotatable bonds is 8. The van der Waals surface area contributed by atoms with E-state index in [1.54, 1.807) is 30.3 Å². The van der Waals surface area contributed by atoms with E-state index < -0.39 is 22.0 Å². The molecule has 2 aromatic carbocycles. The van der Waals surface area contributed by atoms with E-state index in [4.69, 9.17) is 9.47 Å². The average molecular weight is 365 g/mol. The van der Waals surface area contributed by atoms with Gasteiger partial charge in [0.2, 0.25) is 10.0 Å². The van der Waals surface area contributed by atoms with Crippen molar-refractivity contribution in [1.82, 2.24) is 4.72 Å². The molecule has 0 fully saturated rings. The highest BCUT2D eigenvalue weighted by molar-refractivity contribution is 7.89. The van der Waals surface area contributed by atoms with Crippen LogP contribution in [0.1, 0.15) is 5.56 Å². The quantitative estimate of drug-likeness (QED) is 0.738. The molecular formula is C17H19NO6S. The Morgan fingerprint density at radius 3 is 2.28 bits per heavy atom. The lowest BCUT2D eigenvalue weighted by atomic mass is 10.1. The van der Waals surface area contributed by atoms with Gasteiger partial charge in [0, 0.05) is 6.07 Å². The van der Waals surface area contributed by atoms with E-state index in [0.29, 0.717) is 11.3 Å². The summed E-state index contributed by atoms with van der Waals surface area (Å²) in [6.07, 6.45) is 0.0304. The number of benzene rings is 2. The van der Waals surface area contributed by atoms with Crippen LogP contribution in [0.5, 0.6) is 11.5 Å². The van der Waals surface area contributed by atoms with Crippen molar-refractivity contribution in [3.05, 3.63) is 54.1 Å². The molecule has 2 aromatic rings. The molecule has 0 spiro atoms. The number of carboxylic acids is 1. The van der Waals surface area contributed by atoms with Crippen molar-refractivity contribution >= 4 is 16.0 Å². The second-order valence-corrected chi connectivity index (χ2v) is 6.93. The van der Waals surface area contributed by atoms with E-state index in [1.165, 1.54) is 32.4 Å². The van der Waals surface area contributed by atoms with E-state index in [2.05, 4.69) is 4.72 Å². The topological polar surface area (TPSA) is 102 Å². The van der Waals surface area contributed by atoms with Crippen molar-refractivity contribution in [2.45, 2.75) is 17.4 Å². The van der Waals surface area contributed by atoms with Crippen molar-refractivity contribution in [3.8, 4) is 11.5 Å². The van der Waals surface area contributed by atoms with Crippen LogP contribution in [0, 0.1) is 0 Å². The fourth-order valence-corrected chi connectivity index (χ4v) is 3.47. The van der Waals surface area contributed by atoms with Gasteiger partial charge in [-0.05, 0) is 24.1 Å². The fraction of sp³-hybridized carbons (Fsp3) is 0.235. The summed E-state index contributed by atoms with van der Waals surface area (Å²) in [5.74, 6) is -0.645. The maximum absolute atomic E-state index is 12.5. The summed E-state index contributed by atoms with van der Waals surface area (Å²) < 4.78 is 37.4. The minimum Gasteiger partial charge on any atom is -0.493 e. The summed E-state index contributed by atoms with van der Waals surface area (Å²) in [6.45, 7) is 0. The lowest BCUT2D eigenvalue weighted by molar-refractivity contribution is -0.138. The lowest BCUT2D eigenvalue weighted by Crippen LogP contribution is -2.42. The molecule has 1 atom stereocenters. The highest BCUT2D eigenvalue weighted by Crippen LogP contribution is 2.29. The zero-order valence-corrected chi connectivity index (χ0v) is 14.6. The standard InChI is InChI=1S/C17H19NO6S/c1-23-15-9-8-13(11-16(15)24-2)25(21,22)18-14(17(19)20)10-12-6-4-3-5-7-12/h3-9,11,14,18H,10H2,1-2H3,(H,19,20)/t14-/m1/s1. The van der Waals surface area contributed by atoms with Gasteiger partial charge in [0.15, 0.2) is 11.5 Å². The predicted octanol–water partition coefficient (Wildman–Crippen LogP) is 1.68. The Hall–Kier alpha value is -2.58. The number of ether oxygens (including phenoxy) is 2. The highest BCUT2D eigenvalue weighted by Gasteiger charge is 2.26. The van der Waals surface area contributed by atoms with Crippen molar-refractivity contribution in [1.29, 1.82) is 0 Å². The van der Waals surface area contributed by atoms with Crippen LogP contribution in [0.15, 0.2) is 53.4 Å². The van der Waals surface area contributed by atoms with E-state index in [1.807, 2.05) is 0 Å². The molecule has 0 amide bonds. The van der Waals surface area contributed by atoms with Crippen molar-refractivity contribution in [2.75, 3.05) is 14.2 Å². The van der Waals surface area contributed by atoms with Gasteiger partial charge in [0.05, 0.1) is 19.1 Å². The minimum absolute atomic E-state index is 0.0304. The molecule has 0 unspecified atom stereocenters.